The third kappa shape index (κ3) is 5.17. The molecule has 0 radical (unpaired) electrons. The Morgan fingerprint density at radius 1 is 1.04 bits per heavy atom. The van der Waals surface area contributed by atoms with Gasteiger partial charge in [0.15, 0.2) is 0 Å². The molecule has 0 bridgehead atoms. The van der Waals surface area contributed by atoms with Crippen molar-refractivity contribution in [3.05, 3.63) is 29.8 Å². The Balaban J connectivity index is 0.00000243. The van der Waals surface area contributed by atoms with Crippen LogP contribution in [-0.2, 0) is 26.0 Å². The second-order valence-electron chi connectivity index (χ2n) is 6.29. The minimum absolute atomic E-state index is 0. The fourth-order valence-corrected chi connectivity index (χ4v) is 4.50. The zero-order valence-corrected chi connectivity index (χ0v) is 16.4. The zero-order valence-electron chi connectivity index (χ0n) is 14.7. The van der Waals surface area contributed by atoms with Crippen LogP contribution in [0.15, 0.2) is 29.2 Å². The number of aryl methyl sites for hydroxylation is 1. The maximum absolute atomic E-state index is 12.6. The first kappa shape index (κ1) is 21.1. The lowest BCUT2D eigenvalue weighted by Crippen LogP contribution is -2.46. The first-order valence-electron chi connectivity index (χ1n) is 8.73. The minimum Gasteiger partial charge on any atom is -0.379 e. The van der Waals surface area contributed by atoms with Crippen LogP contribution < -0.4 is 5.32 Å². The molecule has 1 amide bonds. The fourth-order valence-electron chi connectivity index (χ4n) is 3.09. The number of rotatable bonds is 5. The van der Waals surface area contributed by atoms with Crippen LogP contribution in [0.1, 0.15) is 12.0 Å². The molecule has 0 saturated carbocycles. The van der Waals surface area contributed by atoms with Gasteiger partial charge in [-0.25, -0.2) is 8.42 Å². The summed E-state index contributed by atoms with van der Waals surface area (Å²) in [6, 6.07) is 6.88. The van der Waals surface area contributed by atoms with Gasteiger partial charge in [-0.05, 0) is 24.1 Å². The number of sulfonamides is 1. The first-order chi connectivity index (χ1) is 12.1. The SMILES string of the molecule is Cl.O=C(CCc1ccc(S(=O)(=O)N2CCOCC2)cc1)N1CCNCC1. The van der Waals surface area contributed by atoms with Gasteiger partial charge in [-0.1, -0.05) is 12.1 Å². The van der Waals surface area contributed by atoms with Crippen LogP contribution in [0, 0.1) is 0 Å². The molecular weight excluding hydrogens is 378 g/mol. The summed E-state index contributed by atoms with van der Waals surface area (Å²) in [6.07, 6.45) is 1.08. The second kappa shape index (κ2) is 9.66. The molecule has 1 aromatic carbocycles. The van der Waals surface area contributed by atoms with Crippen LogP contribution >= 0.6 is 12.4 Å². The molecule has 0 aromatic heterocycles. The van der Waals surface area contributed by atoms with E-state index in [0.29, 0.717) is 44.0 Å². The predicted octanol–water partition coefficient (Wildman–Crippen LogP) is 0.494. The molecule has 0 unspecified atom stereocenters. The van der Waals surface area contributed by atoms with Gasteiger partial charge in [0.1, 0.15) is 0 Å². The number of amides is 1. The van der Waals surface area contributed by atoms with Crippen molar-refractivity contribution in [2.24, 2.45) is 0 Å². The predicted molar refractivity (Wildman–Crippen MR) is 101 cm³/mol. The molecule has 2 fully saturated rings. The molecule has 1 N–H and O–H groups in total. The van der Waals surface area contributed by atoms with E-state index in [1.165, 1.54) is 4.31 Å². The molecule has 146 valence electrons. The summed E-state index contributed by atoms with van der Waals surface area (Å²) in [7, 11) is -3.46. The average Bonchev–Trinajstić information content (AvgIpc) is 2.68. The van der Waals surface area contributed by atoms with E-state index in [1.54, 1.807) is 24.3 Å². The van der Waals surface area contributed by atoms with Crippen molar-refractivity contribution in [3.63, 3.8) is 0 Å². The Morgan fingerprint density at radius 3 is 2.27 bits per heavy atom. The lowest BCUT2D eigenvalue weighted by atomic mass is 10.1. The summed E-state index contributed by atoms with van der Waals surface area (Å²) in [5, 5.41) is 3.23. The van der Waals surface area contributed by atoms with E-state index in [2.05, 4.69) is 5.32 Å². The highest BCUT2D eigenvalue weighted by atomic mass is 35.5. The molecule has 0 atom stereocenters. The number of ether oxygens (including phenoxy) is 1. The maximum atomic E-state index is 12.6. The van der Waals surface area contributed by atoms with Crippen LogP contribution in [0.4, 0.5) is 0 Å². The van der Waals surface area contributed by atoms with Crippen molar-refractivity contribution < 1.29 is 17.9 Å². The number of piperazine rings is 1. The Bertz CT molecular complexity index is 684. The van der Waals surface area contributed by atoms with Gasteiger partial charge in [-0.2, -0.15) is 4.31 Å². The molecule has 3 rings (SSSR count). The summed E-state index contributed by atoms with van der Waals surface area (Å²) in [5.41, 5.74) is 0.976. The largest absolute Gasteiger partial charge is 0.379 e. The van der Waals surface area contributed by atoms with Crippen molar-refractivity contribution in [1.29, 1.82) is 0 Å². The maximum Gasteiger partial charge on any atom is 0.243 e. The number of hydrogen-bond acceptors (Lipinski definition) is 5. The van der Waals surface area contributed by atoms with E-state index >= 15 is 0 Å². The van der Waals surface area contributed by atoms with E-state index in [-0.39, 0.29) is 18.3 Å². The van der Waals surface area contributed by atoms with Gasteiger partial charge < -0.3 is 15.0 Å². The molecule has 0 spiro atoms. The highest BCUT2D eigenvalue weighted by Gasteiger charge is 2.26. The Kier molecular flexibility index (Phi) is 7.85. The molecule has 7 nitrogen and oxygen atoms in total. The standard InChI is InChI=1S/C17H25N3O4S.ClH/c21-17(19-9-7-18-8-10-19)6-3-15-1-4-16(5-2-15)25(22,23)20-11-13-24-14-12-20;/h1-2,4-5,18H,3,6-14H2;1H. The first-order valence-corrected chi connectivity index (χ1v) is 10.2. The fraction of sp³-hybridized carbons (Fsp3) is 0.588. The van der Waals surface area contributed by atoms with Crippen LogP contribution in [0.2, 0.25) is 0 Å². The molecule has 2 heterocycles. The molecule has 2 aliphatic heterocycles. The molecule has 2 saturated heterocycles. The normalized spacial score (nSPS) is 19.0. The Labute approximate surface area is 161 Å². The quantitative estimate of drug-likeness (QED) is 0.774. The number of nitrogens with zero attached hydrogens (tertiary/aromatic N) is 2. The lowest BCUT2D eigenvalue weighted by Gasteiger charge is -2.27. The van der Waals surface area contributed by atoms with Gasteiger partial charge in [-0.3, -0.25) is 4.79 Å². The van der Waals surface area contributed by atoms with E-state index in [9.17, 15) is 13.2 Å². The molecule has 0 aliphatic carbocycles. The monoisotopic (exact) mass is 403 g/mol. The van der Waals surface area contributed by atoms with Crippen LogP contribution in [-0.4, -0.2) is 76.0 Å². The zero-order chi connectivity index (χ0) is 17.7. The second-order valence-corrected chi connectivity index (χ2v) is 8.23. The minimum atomic E-state index is -3.46. The highest BCUT2D eigenvalue weighted by Crippen LogP contribution is 2.18. The molecule has 9 heteroatoms. The molecular formula is C17H26ClN3O4S. The molecule has 1 aromatic rings. The van der Waals surface area contributed by atoms with Crippen molar-refractivity contribution in [3.8, 4) is 0 Å². The van der Waals surface area contributed by atoms with Crippen LogP contribution in [0.25, 0.3) is 0 Å². The third-order valence-corrected chi connectivity index (χ3v) is 6.54. The van der Waals surface area contributed by atoms with E-state index in [4.69, 9.17) is 4.74 Å². The van der Waals surface area contributed by atoms with E-state index in [1.807, 2.05) is 4.90 Å². The third-order valence-electron chi connectivity index (χ3n) is 4.63. The van der Waals surface area contributed by atoms with Crippen molar-refractivity contribution in [2.75, 3.05) is 52.5 Å². The van der Waals surface area contributed by atoms with E-state index in [0.717, 1.165) is 31.7 Å². The number of morpholine rings is 1. The summed E-state index contributed by atoms with van der Waals surface area (Å²) in [6.45, 7) is 4.87. The lowest BCUT2D eigenvalue weighted by molar-refractivity contribution is -0.131. The van der Waals surface area contributed by atoms with Gasteiger partial charge >= 0.3 is 0 Å². The number of hydrogen-bond donors (Lipinski definition) is 1. The van der Waals surface area contributed by atoms with E-state index < -0.39 is 10.0 Å². The number of nitrogens with one attached hydrogen (secondary N) is 1. The topological polar surface area (TPSA) is 79.0 Å². The van der Waals surface area contributed by atoms with Crippen molar-refractivity contribution in [1.82, 2.24) is 14.5 Å². The Hall–Kier alpha value is -1.19. The summed E-state index contributed by atoms with van der Waals surface area (Å²) >= 11 is 0. The smallest absolute Gasteiger partial charge is 0.243 e. The van der Waals surface area contributed by atoms with Gasteiger partial charge in [0, 0.05) is 45.7 Å². The average molecular weight is 404 g/mol. The van der Waals surface area contributed by atoms with Gasteiger partial charge in [0.25, 0.3) is 0 Å². The number of carbonyl (C=O) groups excluding carboxylic acids is 1. The van der Waals surface area contributed by atoms with Crippen molar-refractivity contribution >= 4 is 28.3 Å². The highest BCUT2D eigenvalue weighted by molar-refractivity contribution is 7.89. The Morgan fingerprint density at radius 2 is 1.65 bits per heavy atom. The van der Waals surface area contributed by atoms with Gasteiger partial charge in [-0.15, -0.1) is 12.4 Å². The molecule has 26 heavy (non-hydrogen) atoms. The van der Waals surface area contributed by atoms with Crippen LogP contribution in [0.5, 0.6) is 0 Å². The van der Waals surface area contributed by atoms with Gasteiger partial charge in [0.05, 0.1) is 18.1 Å². The van der Waals surface area contributed by atoms with Crippen LogP contribution in [0.3, 0.4) is 0 Å². The summed E-state index contributed by atoms with van der Waals surface area (Å²) in [5.74, 6) is 0.159. The molecule has 2 aliphatic rings. The number of halogens is 1. The number of carbonyl (C=O) groups is 1. The summed E-state index contributed by atoms with van der Waals surface area (Å²) in [4.78, 5) is 14.4. The van der Waals surface area contributed by atoms with Crippen molar-refractivity contribution in [2.45, 2.75) is 17.7 Å². The summed E-state index contributed by atoms with van der Waals surface area (Å²) < 4.78 is 31.8. The van der Waals surface area contributed by atoms with Gasteiger partial charge in [0.2, 0.25) is 15.9 Å². The number of benzene rings is 1.